The summed E-state index contributed by atoms with van der Waals surface area (Å²) in [6.45, 7) is 4.73. The number of fused-ring (bicyclic) bond motifs is 5. The maximum absolute atomic E-state index is 12.2. The molecule has 0 saturated heterocycles. The quantitative estimate of drug-likeness (QED) is 0.387. The molecule has 0 radical (unpaired) electrons. The molecule has 4 rings (SSSR count). The van der Waals surface area contributed by atoms with E-state index in [0.717, 1.165) is 32.1 Å². The average molecular weight is 539 g/mol. The van der Waals surface area contributed by atoms with Gasteiger partial charge in [-0.25, -0.2) is 0 Å². The van der Waals surface area contributed by atoms with Crippen molar-refractivity contribution >= 4 is 53.6 Å². The largest absolute Gasteiger partial charge is 0.393 e. The number of allylic oxidation sites excluding steroid dienone is 1. The first-order valence-corrected chi connectivity index (χ1v) is 11.9. The van der Waals surface area contributed by atoms with Crippen molar-refractivity contribution in [1.29, 1.82) is 0 Å². The van der Waals surface area contributed by atoms with Crippen LogP contribution in [-0.4, -0.2) is 19.1 Å². The number of carbonyl (C=O) groups is 1. The Hall–Kier alpha value is 0.810. The molecular weight excluding hydrogens is 512 g/mol. The highest BCUT2D eigenvalue weighted by atomic mass is 80.0. The number of aliphatic hydroxyl groups excluding tert-OH is 1. The molecule has 4 aliphatic rings. The predicted molar refractivity (Wildman–Crippen MR) is 111 cm³/mol. The Morgan fingerprint density at radius 2 is 1.84 bits per heavy atom. The molecule has 0 bridgehead atoms. The Morgan fingerprint density at radius 1 is 1.12 bits per heavy atom. The highest BCUT2D eigenvalue weighted by Gasteiger charge is 2.62. The highest BCUT2D eigenvalue weighted by molar-refractivity contribution is 9.39. The van der Waals surface area contributed by atoms with E-state index in [2.05, 4.69) is 61.6 Å². The summed E-state index contributed by atoms with van der Waals surface area (Å²) in [7, 11) is 0. The lowest BCUT2D eigenvalue weighted by atomic mass is 9.45. The van der Waals surface area contributed by atoms with Gasteiger partial charge in [-0.1, -0.05) is 67.2 Å². The molecule has 3 saturated carbocycles. The molecule has 25 heavy (non-hydrogen) atoms. The average Bonchev–Trinajstić information content (AvgIpc) is 2.82. The van der Waals surface area contributed by atoms with Gasteiger partial charge in [0.2, 0.25) is 0 Å². The van der Waals surface area contributed by atoms with Gasteiger partial charge in [-0.15, -0.1) is 0 Å². The summed E-state index contributed by atoms with van der Waals surface area (Å²) in [6.07, 6.45) is 8.97. The van der Waals surface area contributed by atoms with E-state index in [0.29, 0.717) is 24.2 Å². The minimum absolute atomic E-state index is 0.0847. The van der Waals surface area contributed by atoms with Crippen LogP contribution in [0.15, 0.2) is 11.6 Å². The van der Waals surface area contributed by atoms with Crippen molar-refractivity contribution in [3.8, 4) is 0 Å². The number of carbonyl (C=O) groups excluding carboxylic acids is 1. The van der Waals surface area contributed by atoms with E-state index in [-0.39, 0.29) is 30.8 Å². The first-order chi connectivity index (χ1) is 11.6. The van der Waals surface area contributed by atoms with E-state index in [1.807, 2.05) is 6.08 Å². The number of hydrogen-bond acceptors (Lipinski definition) is 2. The van der Waals surface area contributed by atoms with Crippen LogP contribution >= 0.6 is 47.8 Å². The van der Waals surface area contributed by atoms with Crippen LogP contribution in [0.4, 0.5) is 0 Å². The Kier molecular flexibility index (Phi) is 4.71. The fourth-order valence-corrected chi connectivity index (χ4v) is 8.23. The third-order valence-corrected chi connectivity index (χ3v) is 10.0. The van der Waals surface area contributed by atoms with Gasteiger partial charge in [0.05, 0.1) is 6.10 Å². The minimum atomic E-state index is -0.367. The van der Waals surface area contributed by atoms with Gasteiger partial charge in [0.15, 0.2) is 5.78 Å². The topological polar surface area (TPSA) is 37.3 Å². The van der Waals surface area contributed by atoms with E-state index in [4.69, 9.17) is 0 Å². The fourth-order valence-electron chi connectivity index (χ4n) is 6.92. The molecule has 0 aromatic rings. The SMILES string of the molecule is C[C@]12CC[C@H]3[C@@H](CC(C(Br)(Br)Br)C4=CC(=O)CC[C@@]43C)[C@@H]1CC[C@@H]2O. The summed E-state index contributed by atoms with van der Waals surface area (Å²) in [5, 5.41) is 10.6. The zero-order valence-corrected chi connectivity index (χ0v) is 19.7. The third kappa shape index (κ3) is 2.81. The first-order valence-electron chi connectivity index (χ1n) is 9.57. The van der Waals surface area contributed by atoms with Crippen molar-refractivity contribution in [3.05, 3.63) is 11.6 Å². The second-order valence-electron chi connectivity index (χ2n) is 9.33. The number of alkyl halides is 3. The van der Waals surface area contributed by atoms with Crippen molar-refractivity contribution in [2.75, 3.05) is 0 Å². The van der Waals surface area contributed by atoms with Crippen molar-refractivity contribution in [1.82, 2.24) is 0 Å². The number of rotatable bonds is 0. The lowest BCUT2D eigenvalue weighted by Crippen LogP contribution is -2.54. The Labute approximate surface area is 176 Å². The van der Waals surface area contributed by atoms with Crippen molar-refractivity contribution in [3.63, 3.8) is 0 Å². The molecule has 0 aromatic heterocycles. The van der Waals surface area contributed by atoms with Crippen LogP contribution in [-0.2, 0) is 4.79 Å². The van der Waals surface area contributed by atoms with Gasteiger partial charge >= 0.3 is 0 Å². The molecule has 0 aliphatic heterocycles. The second-order valence-corrected chi connectivity index (χ2v) is 16.3. The summed E-state index contributed by atoms with van der Waals surface area (Å²) >= 11 is 11.4. The van der Waals surface area contributed by atoms with Gasteiger partial charge in [-0.3, -0.25) is 4.79 Å². The minimum Gasteiger partial charge on any atom is -0.393 e. The number of halogens is 3. The lowest BCUT2D eigenvalue weighted by Gasteiger charge is -2.60. The zero-order chi connectivity index (χ0) is 18.2. The van der Waals surface area contributed by atoms with Crippen LogP contribution in [0.3, 0.4) is 0 Å². The predicted octanol–water partition coefficient (Wildman–Crippen LogP) is 5.94. The molecule has 1 N–H and O–H groups in total. The monoisotopic (exact) mass is 536 g/mol. The fraction of sp³-hybridized carbons (Fsp3) is 0.850. The van der Waals surface area contributed by atoms with Gasteiger partial charge in [0.1, 0.15) is 2.14 Å². The van der Waals surface area contributed by atoms with Crippen LogP contribution in [0.1, 0.15) is 58.8 Å². The van der Waals surface area contributed by atoms with Crippen LogP contribution in [0.2, 0.25) is 0 Å². The van der Waals surface area contributed by atoms with Crippen LogP contribution in [0.5, 0.6) is 0 Å². The Bertz CT molecular complexity index is 625. The summed E-state index contributed by atoms with van der Waals surface area (Å²) in [6, 6.07) is 0. The van der Waals surface area contributed by atoms with Crippen molar-refractivity contribution < 1.29 is 9.90 Å². The molecule has 140 valence electrons. The van der Waals surface area contributed by atoms with E-state index >= 15 is 0 Å². The third-order valence-electron chi connectivity index (χ3n) is 8.35. The molecule has 7 atom stereocenters. The molecule has 1 unspecified atom stereocenters. The van der Waals surface area contributed by atoms with E-state index < -0.39 is 0 Å². The number of aliphatic hydroxyl groups is 1. The van der Waals surface area contributed by atoms with Gasteiger partial charge in [-0.05, 0) is 73.2 Å². The van der Waals surface area contributed by atoms with Crippen molar-refractivity contribution in [2.24, 2.45) is 34.5 Å². The van der Waals surface area contributed by atoms with E-state index in [9.17, 15) is 9.90 Å². The molecule has 4 aliphatic carbocycles. The van der Waals surface area contributed by atoms with Gasteiger partial charge in [-0.2, -0.15) is 0 Å². The van der Waals surface area contributed by atoms with Gasteiger partial charge in [0.25, 0.3) is 0 Å². The molecule has 2 nitrogen and oxygen atoms in total. The first kappa shape index (κ1) is 19.1. The Balaban J connectivity index is 1.78. The molecule has 0 heterocycles. The summed E-state index contributed by atoms with van der Waals surface area (Å²) in [4.78, 5) is 12.2. The molecule has 0 spiro atoms. The van der Waals surface area contributed by atoms with E-state index in [1.54, 1.807) is 0 Å². The van der Waals surface area contributed by atoms with E-state index in [1.165, 1.54) is 12.0 Å². The summed E-state index contributed by atoms with van der Waals surface area (Å²) in [5.41, 5.74) is 1.52. The molecule has 3 fully saturated rings. The standard InChI is InChI=1S/C20H27Br3O2/c1-18-7-5-11(24)9-15(18)16(20(21,22)23)10-12-13-3-4-17(25)19(13,2)8-6-14(12)18/h9,12-14,16-17,25H,3-8,10H2,1-2H3/t12-,13-,14-,16?,17-,18+,19-/m0/s1. The smallest absolute Gasteiger partial charge is 0.155 e. The van der Waals surface area contributed by atoms with Gasteiger partial charge < -0.3 is 5.11 Å². The number of ketones is 1. The zero-order valence-electron chi connectivity index (χ0n) is 14.9. The summed E-state index contributed by atoms with van der Waals surface area (Å²) < 4.78 is -0.367. The van der Waals surface area contributed by atoms with Crippen LogP contribution < -0.4 is 0 Å². The molecule has 0 amide bonds. The summed E-state index contributed by atoms with van der Waals surface area (Å²) in [5.74, 6) is 2.41. The molecular formula is C20H27Br3O2. The molecule has 0 aromatic carbocycles. The van der Waals surface area contributed by atoms with Crippen LogP contribution in [0.25, 0.3) is 0 Å². The van der Waals surface area contributed by atoms with Crippen molar-refractivity contribution in [2.45, 2.75) is 67.0 Å². The highest BCUT2D eigenvalue weighted by Crippen LogP contribution is 2.68. The second kappa shape index (κ2) is 6.15. The lowest BCUT2D eigenvalue weighted by molar-refractivity contribution is -0.118. The van der Waals surface area contributed by atoms with Crippen LogP contribution in [0, 0.1) is 34.5 Å². The van der Waals surface area contributed by atoms with Gasteiger partial charge in [0, 0.05) is 12.3 Å². The molecule has 5 heteroatoms. The normalized spacial score (nSPS) is 49.9. The maximum atomic E-state index is 12.2. The number of hydrogen-bond donors (Lipinski definition) is 1. The Morgan fingerprint density at radius 3 is 2.52 bits per heavy atom. The maximum Gasteiger partial charge on any atom is 0.155 e.